The molecular weight excluding hydrogens is 214 g/mol. The minimum atomic E-state index is -0.0443. The van der Waals surface area contributed by atoms with Gasteiger partial charge in [-0.2, -0.15) is 0 Å². The average Bonchev–Trinajstić information content (AvgIpc) is 2.74. The molecule has 3 unspecified atom stereocenters. The number of hydrogen-bond donors (Lipinski definition) is 1. The molecule has 0 bridgehead atoms. The van der Waals surface area contributed by atoms with Crippen LogP contribution in [0.2, 0.25) is 0 Å². The minimum absolute atomic E-state index is 0.0443. The zero-order valence-electron chi connectivity index (χ0n) is 10.8. The van der Waals surface area contributed by atoms with Gasteiger partial charge in [-0.15, -0.1) is 0 Å². The highest BCUT2D eigenvalue weighted by atomic mass is 16.5. The van der Waals surface area contributed by atoms with E-state index in [0.29, 0.717) is 5.92 Å². The van der Waals surface area contributed by atoms with Crippen LogP contribution in [0.5, 0.6) is 5.75 Å². The van der Waals surface area contributed by atoms with E-state index in [0.717, 1.165) is 29.9 Å². The second-order valence-electron chi connectivity index (χ2n) is 4.86. The fraction of sp³-hybridized carbons (Fsp3) is 0.571. The second kappa shape index (κ2) is 5.07. The van der Waals surface area contributed by atoms with Gasteiger partial charge in [-0.25, -0.2) is 0 Å². The number of nitrogens with two attached hydrogens (primary N) is 1. The van der Waals surface area contributed by atoms with E-state index in [9.17, 15) is 0 Å². The molecule has 1 aliphatic rings. The molecule has 1 aliphatic heterocycles. The molecule has 0 spiro atoms. The first-order valence-corrected chi connectivity index (χ1v) is 6.15. The normalized spacial score (nSPS) is 25.9. The van der Waals surface area contributed by atoms with Crippen LogP contribution in [-0.2, 0) is 4.74 Å². The zero-order chi connectivity index (χ0) is 12.4. The summed E-state index contributed by atoms with van der Waals surface area (Å²) in [5, 5.41) is 0. The highest BCUT2D eigenvalue weighted by molar-refractivity contribution is 5.37. The highest BCUT2D eigenvalue weighted by Crippen LogP contribution is 2.31. The molecule has 17 heavy (non-hydrogen) atoms. The van der Waals surface area contributed by atoms with E-state index in [-0.39, 0.29) is 12.1 Å². The molecule has 0 amide bonds. The summed E-state index contributed by atoms with van der Waals surface area (Å²) >= 11 is 0. The van der Waals surface area contributed by atoms with Gasteiger partial charge in [0.2, 0.25) is 0 Å². The Labute approximate surface area is 103 Å². The lowest BCUT2D eigenvalue weighted by atomic mass is 9.92. The molecule has 1 aromatic rings. The number of methoxy groups -OCH3 is 1. The fourth-order valence-electron chi connectivity index (χ4n) is 2.47. The van der Waals surface area contributed by atoms with Crippen molar-refractivity contribution >= 4 is 0 Å². The van der Waals surface area contributed by atoms with Gasteiger partial charge in [0.05, 0.1) is 19.3 Å². The molecule has 2 N–H and O–H groups in total. The third-order valence-electron chi connectivity index (χ3n) is 3.60. The van der Waals surface area contributed by atoms with Crippen LogP contribution in [0.4, 0.5) is 0 Å². The van der Waals surface area contributed by atoms with E-state index >= 15 is 0 Å². The third-order valence-corrected chi connectivity index (χ3v) is 3.60. The van der Waals surface area contributed by atoms with Gasteiger partial charge >= 0.3 is 0 Å². The summed E-state index contributed by atoms with van der Waals surface area (Å²) in [5.41, 5.74) is 8.53. The maximum Gasteiger partial charge on any atom is 0.121 e. The molecule has 1 fully saturated rings. The molecule has 2 rings (SSSR count). The summed E-state index contributed by atoms with van der Waals surface area (Å²) in [6, 6.07) is 6.06. The van der Waals surface area contributed by atoms with Gasteiger partial charge in [0.25, 0.3) is 0 Å². The van der Waals surface area contributed by atoms with Gasteiger partial charge in [0, 0.05) is 6.61 Å². The Hall–Kier alpha value is -1.06. The Morgan fingerprint density at radius 3 is 2.76 bits per heavy atom. The molecule has 1 aromatic carbocycles. The van der Waals surface area contributed by atoms with Crippen LogP contribution >= 0.6 is 0 Å². The lowest BCUT2D eigenvalue weighted by Gasteiger charge is -2.23. The van der Waals surface area contributed by atoms with Crippen LogP contribution in [0.25, 0.3) is 0 Å². The molecule has 94 valence electrons. The fourth-order valence-corrected chi connectivity index (χ4v) is 2.47. The van der Waals surface area contributed by atoms with Gasteiger partial charge in [0.1, 0.15) is 5.75 Å². The predicted molar refractivity (Wildman–Crippen MR) is 68.2 cm³/mol. The van der Waals surface area contributed by atoms with Gasteiger partial charge in [-0.05, 0) is 36.5 Å². The largest absolute Gasteiger partial charge is 0.496 e. The van der Waals surface area contributed by atoms with Gasteiger partial charge < -0.3 is 15.2 Å². The summed E-state index contributed by atoms with van der Waals surface area (Å²) in [6.07, 6.45) is 1.25. The van der Waals surface area contributed by atoms with Crippen molar-refractivity contribution in [2.24, 2.45) is 11.7 Å². The van der Waals surface area contributed by atoms with Crippen molar-refractivity contribution in [3.05, 3.63) is 29.3 Å². The first kappa shape index (κ1) is 12.4. The third kappa shape index (κ3) is 2.45. The lowest BCUT2D eigenvalue weighted by Crippen LogP contribution is -2.29. The summed E-state index contributed by atoms with van der Waals surface area (Å²) in [4.78, 5) is 0. The van der Waals surface area contributed by atoms with Crippen molar-refractivity contribution in [2.45, 2.75) is 32.4 Å². The van der Waals surface area contributed by atoms with E-state index in [1.807, 2.05) is 19.1 Å². The Morgan fingerprint density at radius 1 is 1.47 bits per heavy atom. The SMILES string of the molecule is COc1ccc(C(N)C2OCCC2C)cc1C. The van der Waals surface area contributed by atoms with Crippen LogP contribution in [0.1, 0.15) is 30.5 Å². The Bertz CT molecular complexity index is 392. The van der Waals surface area contributed by atoms with Crippen molar-refractivity contribution < 1.29 is 9.47 Å². The van der Waals surface area contributed by atoms with Crippen molar-refractivity contribution in [3.8, 4) is 5.75 Å². The van der Waals surface area contributed by atoms with E-state index in [1.165, 1.54) is 0 Å². The first-order chi connectivity index (χ1) is 8.13. The zero-order valence-corrected chi connectivity index (χ0v) is 10.8. The molecule has 0 radical (unpaired) electrons. The number of hydrogen-bond acceptors (Lipinski definition) is 3. The molecule has 3 atom stereocenters. The van der Waals surface area contributed by atoms with E-state index < -0.39 is 0 Å². The quantitative estimate of drug-likeness (QED) is 0.875. The van der Waals surface area contributed by atoms with Gasteiger partial charge in [-0.1, -0.05) is 19.1 Å². The predicted octanol–water partition coefficient (Wildman–Crippen LogP) is 2.43. The van der Waals surface area contributed by atoms with Crippen molar-refractivity contribution in [2.75, 3.05) is 13.7 Å². The molecule has 0 saturated carbocycles. The monoisotopic (exact) mass is 235 g/mol. The van der Waals surface area contributed by atoms with E-state index in [4.69, 9.17) is 15.2 Å². The molecule has 1 saturated heterocycles. The maximum absolute atomic E-state index is 6.29. The first-order valence-electron chi connectivity index (χ1n) is 6.15. The van der Waals surface area contributed by atoms with Crippen LogP contribution in [0, 0.1) is 12.8 Å². The summed E-state index contributed by atoms with van der Waals surface area (Å²) in [7, 11) is 1.68. The number of ether oxygens (including phenoxy) is 2. The smallest absolute Gasteiger partial charge is 0.121 e. The maximum atomic E-state index is 6.29. The van der Waals surface area contributed by atoms with Gasteiger partial charge in [0.15, 0.2) is 0 Å². The Balaban J connectivity index is 2.19. The number of aryl methyl sites for hydroxylation is 1. The minimum Gasteiger partial charge on any atom is -0.496 e. The highest BCUT2D eigenvalue weighted by Gasteiger charge is 2.30. The summed E-state index contributed by atoms with van der Waals surface area (Å²) in [5.74, 6) is 1.44. The van der Waals surface area contributed by atoms with E-state index in [2.05, 4.69) is 13.0 Å². The van der Waals surface area contributed by atoms with Crippen LogP contribution in [0.3, 0.4) is 0 Å². The standard InChI is InChI=1S/C14H21NO2/c1-9-6-7-17-14(9)13(15)11-4-5-12(16-3)10(2)8-11/h4-5,8-9,13-14H,6-7,15H2,1-3H3. The Kier molecular flexibility index (Phi) is 3.69. The van der Waals surface area contributed by atoms with Crippen LogP contribution in [0.15, 0.2) is 18.2 Å². The van der Waals surface area contributed by atoms with Crippen LogP contribution < -0.4 is 10.5 Å². The topological polar surface area (TPSA) is 44.5 Å². The molecule has 0 aliphatic carbocycles. The number of rotatable bonds is 3. The lowest BCUT2D eigenvalue weighted by molar-refractivity contribution is 0.0724. The summed E-state index contributed by atoms with van der Waals surface area (Å²) in [6.45, 7) is 5.07. The van der Waals surface area contributed by atoms with Crippen molar-refractivity contribution in [1.29, 1.82) is 0 Å². The molecule has 3 nitrogen and oxygen atoms in total. The molecule has 0 aromatic heterocycles. The average molecular weight is 235 g/mol. The van der Waals surface area contributed by atoms with Crippen molar-refractivity contribution in [1.82, 2.24) is 0 Å². The molecule has 3 heteroatoms. The molecular formula is C14H21NO2. The summed E-state index contributed by atoms with van der Waals surface area (Å²) < 4.78 is 11.0. The molecule has 1 heterocycles. The van der Waals surface area contributed by atoms with Crippen LogP contribution in [-0.4, -0.2) is 19.8 Å². The number of benzene rings is 1. The Morgan fingerprint density at radius 2 is 2.24 bits per heavy atom. The van der Waals surface area contributed by atoms with E-state index in [1.54, 1.807) is 7.11 Å². The van der Waals surface area contributed by atoms with Gasteiger partial charge in [-0.3, -0.25) is 0 Å². The van der Waals surface area contributed by atoms with Crippen molar-refractivity contribution in [3.63, 3.8) is 0 Å². The second-order valence-corrected chi connectivity index (χ2v) is 4.86.